The summed E-state index contributed by atoms with van der Waals surface area (Å²) < 4.78 is 12.5. The highest BCUT2D eigenvalue weighted by atomic mass is 127. The molecule has 0 bridgehead atoms. The van der Waals surface area contributed by atoms with Crippen molar-refractivity contribution < 1.29 is 23.9 Å². The van der Waals surface area contributed by atoms with E-state index in [4.69, 9.17) is 9.47 Å². The van der Waals surface area contributed by atoms with E-state index >= 15 is 0 Å². The molecule has 0 unspecified atom stereocenters. The molecule has 0 saturated heterocycles. The Kier molecular flexibility index (Phi) is 6.98. The number of thiophene rings is 1. The Bertz CT molecular complexity index is 888. The van der Waals surface area contributed by atoms with Crippen LogP contribution in [0.4, 0.5) is 5.00 Å². The summed E-state index contributed by atoms with van der Waals surface area (Å²) in [4.78, 5) is 37.6. The Morgan fingerprint density at radius 1 is 1.33 bits per heavy atom. The van der Waals surface area contributed by atoms with Crippen molar-refractivity contribution in [3.05, 3.63) is 31.5 Å². The third-order valence-electron chi connectivity index (χ3n) is 3.38. The molecule has 0 aromatic carbocycles. The average molecular weight is 505 g/mol. The Labute approximate surface area is 174 Å². The zero-order chi connectivity index (χ0) is 20.3. The molecule has 0 spiro atoms. The molecule has 1 amide bonds. The first-order valence-electron chi connectivity index (χ1n) is 8.17. The van der Waals surface area contributed by atoms with Crippen molar-refractivity contribution in [1.82, 2.24) is 9.78 Å². The first-order chi connectivity index (χ1) is 12.6. The quantitative estimate of drug-likeness (QED) is 0.478. The number of hydrogen-bond acceptors (Lipinski definition) is 7. The summed E-state index contributed by atoms with van der Waals surface area (Å²) >= 11 is 2.99. The number of ether oxygens (including phenoxy) is 2. The first kappa shape index (κ1) is 21.4. The van der Waals surface area contributed by atoms with Crippen molar-refractivity contribution in [2.75, 3.05) is 11.9 Å². The number of aryl methyl sites for hydroxylation is 1. The van der Waals surface area contributed by atoms with Gasteiger partial charge in [0.2, 0.25) is 0 Å². The van der Waals surface area contributed by atoms with E-state index in [1.807, 2.05) is 22.6 Å². The maximum Gasteiger partial charge on any atom is 0.348 e. The van der Waals surface area contributed by atoms with Crippen molar-refractivity contribution in [2.24, 2.45) is 7.05 Å². The summed E-state index contributed by atoms with van der Waals surface area (Å²) in [5, 5.41) is 7.03. The molecular formula is C17H20IN3O5S. The second-order valence-electron chi connectivity index (χ2n) is 5.89. The molecule has 10 heteroatoms. The highest BCUT2D eigenvalue weighted by Gasteiger charge is 2.28. The molecule has 2 aromatic rings. The van der Waals surface area contributed by atoms with Gasteiger partial charge in [0.1, 0.15) is 9.88 Å². The monoisotopic (exact) mass is 505 g/mol. The molecule has 0 atom stereocenters. The van der Waals surface area contributed by atoms with Gasteiger partial charge in [-0.1, -0.05) is 0 Å². The lowest BCUT2D eigenvalue weighted by Gasteiger charge is -2.10. The molecule has 2 aromatic heterocycles. The normalized spacial score (nSPS) is 10.8. The summed E-state index contributed by atoms with van der Waals surface area (Å²) in [5.74, 6) is -1.64. The second kappa shape index (κ2) is 8.83. The number of esters is 2. The number of nitrogens with one attached hydrogen (secondary N) is 1. The molecule has 0 aliphatic heterocycles. The molecule has 0 fully saturated rings. The molecule has 8 nitrogen and oxygen atoms in total. The van der Waals surface area contributed by atoms with E-state index in [-0.39, 0.29) is 33.8 Å². The van der Waals surface area contributed by atoms with Crippen LogP contribution in [0.15, 0.2) is 6.20 Å². The molecule has 1 N–H and O–H groups in total. The van der Waals surface area contributed by atoms with Gasteiger partial charge in [-0.15, -0.1) is 11.3 Å². The van der Waals surface area contributed by atoms with Crippen molar-refractivity contribution >= 4 is 56.8 Å². The van der Waals surface area contributed by atoms with Gasteiger partial charge in [-0.05, 0) is 55.8 Å². The fourth-order valence-electron chi connectivity index (χ4n) is 2.29. The lowest BCUT2D eigenvalue weighted by Crippen LogP contribution is -2.18. The van der Waals surface area contributed by atoms with Crippen LogP contribution >= 0.6 is 33.9 Å². The maximum atomic E-state index is 12.6. The van der Waals surface area contributed by atoms with E-state index in [0.29, 0.717) is 9.13 Å². The number of rotatable bonds is 6. The topological polar surface area (TPSA) is 99.5 Å². The fraction of sp³-hybridized carbons (Fsp3) is 0.412. The van der Waals surface area contributed by atoms with Crippen molar-refractivity contribution in [3.63, 3.8) is 0 Å². The summed E-state index contributed by atoms with van der Waals surface area (Å²) in [6.07, 6.45) is 1.36. The number of nitrogens with zero attached hydrogens (tertiary/aromatic N) is 2. The molecule has 146 valence electrons. The van der Waals surface area contributed by atoms with Gasteiger partial charge in [0, 0.05) is 13.2 Å². The van der Waals surface area contributed by atoms with Gasteiger partial charge >= 0.3 is 11.9 Å². The summed E-state index contributed by atoms with van der Waals surface area (Å²) in [5.41, 5.74) is 0.788. The van der Waals surface area contributed by atoms with E-state index in [1.54, 1.807) is 40.9 Å². The first-order valence-corrected chi connectivity index (χ1v) is 10.1. The lowest BCUT2D eigenvalue weighted by atomic mass is 10.1. The maximum absolute atomic E-state index is 12.6. The van der Waals surface area contributed by atoms with E-state index < -0.39 is 17.8 Å². The summed E-state index contributed by atoms with van der Waals surface area (Å²) in [6.45, 7) is 6.97. The van der Waals surface area contributed by atoms with E-state index in [1.165, 1.54) is 4.68 Å². The van der Waals surface area contributed by atoms with E-state index in [9.17, 15) is 14.4 Å². The fourth-order valence-corrected chi connectivity index (χ4v) is 4.13. The van der Waals surface area contributed by atoms with Crippen molar-refractivity contribution in [3.8, 4) is 0 Å². The minimum Gasteiger partial charge on any atom is -0.462 e. The van der Waals surface area contributed by atoms with Crippen molar-refractivity contribution in [2.45, 2.75) is 33.8 Å². The van der Waals surface area contributed by atoms with Crippen LogP contribution in [-0.4, -0.2) is 40.3 Å². The van der Waals surface area contributed by atoms with Gasteiger partial charge < -0.3 is 14.8 Å². The van der Waals surface area contributed by atoms with Crippen LogP contribution < -0.4 is 5.32 Å². The second-order valence-corrected chi connectivity index (χ2v) is 8.07. The van der Waals surface area contributed by atoms with Crippen LogP contribution in [0.2, 0.25) is 0 Å². The molecule has 2 heterocycles. The molecule has 2 rings (SSSR count). The zero-order valence-corrected chi connectivity index (χ0v) is 18.6. The van der Waals surface area contributed by atoms with Gasteiger partial charge in [-0.3, -0.25) is 9.48 Å². The van der Waals surface area contributed by atoms with Crippen LogP contribution in [-0.2, 0) is 16.5 Å². The Hall–Kier alpha value is -1.95. The van der Waals surface area contributed by atoms with E-state index in [2.05, 4.69) is 10.4 Å². The van der Waals surface area contributed by atoms with Gasteiger partial charge in [0.15, 0.2) is 5.69 Å². The highest BCUT2D eigenvalue weighted by Crippen LogP contribution is 2.35. The van der Waals surface area contributed by atoms with E-state index in [0.717, 1.165) is 11.3 Å². The molecule has 0 radical (unpaired) electrons. The number of amides is 1. The lowest BCUT2D eigenvalue weighted by molar-refractivity contribution is 0.0379. The zero-order valence-electron chi connectivity index (χ0n) is 15.6. The number of carbonyl (C=O) groups excluding carboxylic acids is 3. The minimum atomic E-state index is -0.611. The standard InChI is InChI=1S/C17H20IN3O5S/c1-6-25-17(24)13-9(4)11(16(23)26-8(2)3)15(27-13)19-14(22)12-10(18)7-21(5)20-12/h7-8H,6H2,1-5H3,(H,19,22). The Morgan fingerprint density at radius 3 is 2.52 bits per heavy atom. The Balaban J connectivity index is 2.45. The smallest absolute Gasteiger partial charge is 0.348 e. The van der Waals surface area contributed by atoms with Gasteiger partial charge in [-0.2, -0.15) is 5.10 Å². The van der Waals surface area contributed by atoms with Crippen LogP contribution in [0.3, 0.4) is 0 Å². The predicted octanol–water partition coefficient (Wildman–Crippen LogP) is 3.39. The predicted molar refractivity (Wildman–Crippen MR) is 109 cm³/mol. The summed E-state index contributed by atoms with van der Waals surface area (Å²) in [6, 6.07) is 0. The average Bonchev–Trinajstić information content (AvgIpc) is 3.06. The van der Waals surface area contributed by atoms with Crippen molar-refractivity contribution in [1.29, 1.82) is 0 Å². The number of aromatic nitrogens is 2. The number of carbonyl (C=O) groups is 3. The molecule has 0 saturated carbocycles. The molecule has 0 aliphatic rings. The molecule has 0 aliphatic carbocycles. The number of anilines is 1. The highest BCUT2D eigenvalue weighted by molar-refractivity contribution is 14.1. The Morgan fingerprint density at radius 2 is 2.00 bits per heavy atom. The largest absolute Gasteiger partial charge is 0.462 e. The van der Waals surface area contributed by atoms with Crippen LogP contribution in [0.25, 0.3) is 0 Å². The van der Waals surface area contributed by atoms with Gasteiger partial charge in [0.25, 0.3) is 5.91 Å². The molecule has 27 heavy (non-hydrogen) atoms. The van der Waals surface area contributed by atoms with Crippen LogP contribution in [0.5, 0.6) is 0 Å². The summed E-state index contributed by atoms with van der Waals surface area (Å²) in [7, 11) is 1.71. The van der Waals surface area contributed by atoms with Gasteiger partial charge in [-0.25, -0.2) is 9.59 Å². The SMILES string of the molecule is CCOC(=O)c1sc(NC(=O)c2nn(C)cc2I)c(C(=O)OC(C)C)c1C. The molecular weight excluding hydrogens is 485 g/mol. The third-order valence-corrected chi connectivity index (χ3v) is 5.36. The number of hydrogen-bond donors (Lipinski definition) is 1. The third kappa shape index (κ3) is 4.86. The van der Waals surface area contributed by atoms with Crippen LogP contribution in [0.1, 0.15) is 56.9 Å². The van der Waals surface area contributed by atoms with Crippen LogP contribution in [0, 0.1) is 10.5 Å². The minimum absolute atomic E-state index is 0.149. The number of halogens is 1. The van der Waals surface area contributed by atoms with Gasteiger partial charge in [0.05, 0.1) is 21.8 Å².